The predicted octanol–water partition coefficient (Wildman–Crippen LogP) is 2.73. The molecule has 0 radical (unpaired) electrons. The van der Waals surface area contributed by atoms with Gasteiger partial charge in [0, 0.05) is 11.1 Å². The number of rotatable bonds is 5. The zero-order valence-corrected chi connectivity index (χ0v) is 16.6. The van der Waals surface area contributed by atoms with Gasteiger partial charge in [-0.25, -0.2) is 0 Å². The molecular weight excluding hydrogens is 380 g/mol. The Bertz CT molecular complexity index is 984. The van der Waals surface area contributed by atoms with E-state index in [4.69, 9.17) is 9.47 Å². The van der Waals surface area contributed by atoms with Crippen molar-refractivity contribution in [2.75, 3.05) is 6.61 Å². The van der Waals surface area contributed by atoms with Gasteiger partial charge in [0.2, 0.25) is 12.0 Å². The van der Waals surface area contributed by atoms with Gasteiger partial charge < -0.3 is 20.1 Å². The lowest BCUT2D eigenvalue weighted by Crippen LogP contribution is -2.84. The summed E-state index contributed by atoms with van der Waals surface area (Å²) >= 11 is 0. The molecule has 1 aliphatic heterocycles. The van der Waals surface area contributed by atoms with Gasteiger partial charge in [-0.3, -0.25) is 9.59 Å². The van der Waals surface area contributed by atoms with Crippen LogP contribution in [-0.4, -0.2) is 35.6 Å². The molecule has 1 atom stereocenters. The van der Waals surface area contributed by atoms with Gasteiger partial charge >= 0.3 is 0 Å². The minimum Gasteiger partial charge on any atom is -0.485 e. The highest BCUT2D eigenvalue weighted by molar-refractivity contribution is 5.84. The average Bonchev–Trinajstić information content (AvgIpc) is 2.67. The Kier molecular flexibility index (Phi) is 4.50. The molecule has 2 amide bonds. The third-order valence-corrected chi connectivity index (χ3v) is 6.05. The molecule has 6 rings (SSSR count). The van der Waals surface area contributed by atoms with E-state index in [9.17, 15) is 9.59 Å². The van der Waals surface area contributed by atoms with Crippen LogP contribution in [0.1, 0.15) is 25.7 Å². The van der Waals surface area contributed by atoms with Crippen molar-refractivity contribution in [2.45, 2.75) is 42.9 Å². The van der Waals surface area contributed by atoms with Crippen LogP contribution in [0.3, 0.4) is 0 Å². The lowest BCUT2D eigenvalue weighted by Gasteiger charge is -2.70. The van der Waals surface area contributed by atoms with E-state index in [1.807, 2.05) is 60.7 Å². The van der Waals surface area contributed by atoms with Crippen molar-refractivity contribution in [3.8, 4) is 11.5 Å². The first kappa shape index (κ1) is 18.7. The number of nitrogens with one attached hydrogen (secondary N) is 2. The summed E-state index contributed by atoms with van der Waals surface area (Å²) in [7, 11) is 0. The van der Waals surface area contributed by atoms with E-state index in [0.29, 0.717) is 17.9 Å². The molecule has 2 N–H and O–H groups in total. The number of carbonyl (C=O) groups excluding carboxylic acids is 2. The van der Waals surface area contributed by atoms with Crippen LogP contribution in [0.4, 0.5) is 0 Å². The van der Waals surface area contributed by atoms with Gasteiger partial charge in [0.25, 0.3) is 5.91 Å². The van der Waals surface area contributed by atoms with Crippen molar-refractivity contribution in [3.63, 3.8) is 0 Å². The van der Waals surface area contributed by atoms with Crippen LogP contribution in [0.25, 0.3) is 0 Å². The molecule has 1 aromatic carbocycles. The fourth-order valence-electron chi connectivity index (χ4n) is 4.79. The highest BCUT2D eigenvalue weighted by Crippen LogP contribution is 2.60. The van der Waals surface area contributed by atoms with E-state index in [0.717, 1.165) is 24.8 Å². The third-order valence-electron chi connectivity index (χ3n) is 6.05. The van der Waals surface area contributed by atoms with Crippen LogP contribution in [0, 0.1) is 0 Å². The fraction of sp³-hybridized carbons (Fsp3) is 0.333. The molecule has 0 spiro atoms. The van der Waals surface area contributed by atoms with Gasteiger partial charge in [0.1, 0.15) is 6.61 Å². The maximum Gasteiger partial charge on any atom is 0.265 e. The second kappa shape index (κ2) is 7.20. The van der Waals surface area contributed by atoms with Gasteiger partial charge in [-0.05, 0) is 37.0 Å². The van der Waals surface area contributed by atoms with Crippen LogP contribution in [0.15, 0.2) is 72.4 Å². The van der Waals surface area contributed by atoms with Gasteiger partial charge in [0.05, 0.1) is 6.42 Å². The minimum absolute atomic E-state index is 0.0177. The Hall–Kier alpha value is -3.28. The molecule has 6 nitrogen and oxygen atoms in total. The second-order valence-corrected chi connectivity index (χ2v) is 8.54. The monoisotopic (exact) mass is 404 g/mol. The fourth-order valence-corrected chi connectivity index (χ4v) is 4.79. The molecule has 4 aliphatic carbocycles. The van der Waals surface area contributed by atoms with Crippen LogP contribution < -0.4 is 20.1 Å². The molecule has 3 fully saturated rings. The van der Waals surface area contributed by atoms with Crippen LogP contribution in [0.2, 0.25) is 0 Å². The molecule has 1 heterocycles. The summed E-state index contributed by atoms with van der Waals surface area (Å²) in [6.07, 6.45) is 15.6. The number of amides is 2. The largest absolute Gasteiger partial charge is 0.485 e. The number of hydrogen-bond donors (Lipinski definition) is 2. The summed E-state index contributed by atoms with van der Waals surface area (Å²) in [5, 5.41) is 6.29. The molecule has 1 aromatic rings. The maximum absolute atomic E-state index is 12.7. The molecule has 154 valence electrons. The van der Waals surface area contributed by atoms with E-state index in [1.54, 1.807) is 6.07 Å². The zero-order valence-electron chi connectivity index (χ0n) is 16.6. The molecule has 30 heavy (non-hydrogen) atoms. The number of allylic oxidation sites excluding steroid dienone is 7. The van der Waals surface area contributed by atoms with E-state index < -0.39 is 6.10 Å². The molecule has 0 aromatic heterocycles. The van der Waals surface area contributed by atoms with Crippen molar-refractivity contribution < 1.29 is 19.1 Å². The highest BCUT2D eigenvalue weighted by atomic mass is 16.6. The molecule has 1 unspecified atom stereocenters. The second-order valence-electron chi connectivity index (χ2n) is 8.54. The predicted molar refractivity (Wildman–Crippen MR) is 112 cm³/mol. The average molecular weight is 404 g/mol. The summed E-state index contributed by atoms with van der Waals surface area (Å²) in [5.41, 5.74) is 0.567. The first-order chi connectivity index (χ1) is 14.5. The first-order valence-electron chi connectivity index (χ1n) is 10.3. The molecule has 6 heteroatoms. The third kappa shape index (κ3) is 3.54. The van der Waals surface area contributed by atoms with E-state index in [2.05, 4.69) is 10.6 Å². The minimum atomic E-state index is -0.653. The lowest BCUT2D eigenvalue weighted by molar-refractivity contribution is -0.154. The Morgan fingerprint density at radius 2 is 1.63 bits per heavy atom. The van der Waals surface area contributed by atoms with Crippen LogP contribution in [0.5, 0.6) is 11.5 Å². The molecule has 5 aliphatic rings. The van der Waals surface area contributed by atoms with Gasteiger partial charge in [-0.1, -0.05) is 54.7 Å². The van der Waals surface area contributed by atoms with Gasteiger partial charge in [-0.15, -0.1) is 0 Å². The number of benzene rings is 1. The quantitative estimate of drug-likeness (QED) is 0.791. The van der Waals surface area contributed by atoms with E-state index in [-0.39, 0.29) is 29.5 Å². The van der Waals surface area contributed by atoms with Gasteiger partial charge in [-0.2, -0.15) is 0 Å². The number of hydrogen-bond acceptors (Lipinski definition) is 4. The topological polar surface area (TPSA) is 76.7 Å². The van der Waals surface area contributed by atoms with Crippen molar-refractivity contribution in [1.82, 2.24) is 10.6 Å². The number of ether oxygens (including phenoxy) is 2. The highest BCUT2D eigenvalue weighted by Gasteiger charge is 2.69. The van der Waals surface area contributed by atoms with Crippen molar-refractivity contribution in [2.24, 2.45) is 0 Å². The van der Waals surface area contributed by atoms with E-state index >= 15 is 0 Å². The Labute approximate surface area is 175 Å². The lowest BCUT2D eigenvalue weighted by atomic mass is 9.44. The molecule has 2 bridgehead atoms. The molecular formula is C24H24N2O4. The SMILES string of the molecule is O=C(CC1=C/C=C\C=C/C=C\1)NC12CC(NC(=O)C3COc4ccccc4O3)(C1)C2. The Balaban J connectivity index is 1.11. The summed E-state index contributed by atoms with van der Waals surface area (Å²) in [6.45, 7) is 0.201. The Morgan fingerprint density at radius 1 is 0.933 bits per heavy atom. The number of carbonyl (C=O) groups is 2. The van der Waals surface area contributed by atoms with Crippen LogP contribution in [-0.2, 0) is 9.59 Å². The first-order valence-corrected chi connectivity index (χ1v) is 10.3. The molecule has 3 saturated carbocycles. The smallest absolute Gasteiger partial charge is 0.265 e. The Morgan fingerprint density at radius 3 is 2.47 bits per heavy atom. The normalized spacial score (nSPS) is 35.1. The zero-order chi connectivity index (χ0) is 20.6. The number of para-hydroxylation sites is 2. The van der Waals surface area contributed by atoms with Crippen molar-refractivity contribution in [1.29, 1.82) is 0 Å². The standard InChI is InChI=1S/C24H24N2O4/c27-21(12-17-8-4-2-1-3-5-9-17)25-23-14-24(15-23,16-23)26-22(28)20-13-29-18-10-6-7-11-19(18)30-20/h1-11,20H,12-16H2,(H,25,27)(H,26,28)/b2-1-,3-1?,4-2?,5-3-,8-4-,9-5?,17-8?,17-9+. The van der Waals surface area contributed by atoms with Gasteiger partial charge in [0.15, 0.2) is 11.5 Å². The van der Waals surface area contributed by atoms with Crippen LogP contribution >= 0.6 is 0 Å². The molecule has 0 saturated heterocycles. The summed E-state index contributed by atoms with van der Waals surface area (Å²) < 4.78 is 11.4. The van der Waals surface area contributed by atoms with Crippen molar-refractivity contribution in [3.05, 3.63) is 72.4 Å². The summed E-state index contributed by atoms with van der Waals surface area (Å²) in [5.74, 6) is 1.11. The number of fused-ring (bicyclic) bond motifs is 1. The van der Waals surface area contributed by atoms with E-state index in [1.165, 1.54) is 0 Å². The van der Waals surface area contributed by atoms with Crippen molar-refractivity contribution >= 4 is 11.8 Å². The summed E-state index contributed by atoms with van der Waals surface area (Å²) in [4.78, 5) is 25.1. The summed E-state index contributed by atoms with van der Waals surface area (Å²) in [6, 6.07) is 7.35. The maximum atomic E-state index is 12.7.